The van der Waals surface area contributed by atoms with Crippen molar-refractivity contribution in [2.24, 2.45) is 0 Å². The summed E-state index contributed by atoms with van der Waals surface area (Å²) in [6.07, 6.45) is 0. The van der Waals surface area contributed by atoms with Crippen LogP contribution >= 0.6 is 38.5 Å². The Morgan fingerprint density at radius 2 is 1.85 bits per heavy atom. The Labute approximate surface area is 142 Å². The van der Waals surface area contributed by atoms with E-state index in [0.717, 1.165) is 22.5 Å². The lowest BCUT2D eigenvalue weighted by molar-refractivity contribution is 0.479. The van der Waals surface area contributed by atoms with Crippen molar-refractivity contribution in [3.63, 3.8) is 0 Å². The second-order valence-electron chi connectivity index (χ2n) is 4.86. The number of ether oxygens (including phenoxy) is 1. The molecule has 0 saturated carbocycles. The maximum atomic E-state index is 5.87. The molecule has 20 heavy (non-hydrogen) atoms. The molecular weight excluding hydrogens is 429 g/mol. The zero-order valence-corrected chi connectivity index (χ0v) is 15.2. The highest BCUT2D eigenvalue weighted by molar-refractivity contribution is 14.1. The summed E-state index contributed by atoms with van der Waals surface area (Å²) in [7, 11) is 0. The molecule has 2 rings (SSSR count). The van der Waals surface area contributed by atoms with Gasteiger partial charge in [0.05, 0.1) is 4.47 Å². The van der Waals surface area contributed by atoms with E-state index < -0.39 is 0 Å². The van der Waals surface area contributed by atoms with Gasteiger partial charge in [0.1, 0.15) is 11.5 Å². The third kappa shape index (κ3) is 4.75. The van der Waals surface area contributed by atoms with Crippen LogP contribution in [0.15, 0.2) is 46.9 Å². The van der Waals surface area contributed by atoms with Crippen molar-refractivity contribution < 1.29 is 4.74 Å². The average molecular weight is 446 g/mol. The van der Waals surface area contributed by atoms with Crippen LogP contribution in [-0.2, 0) is 6.54 Å². The first-order valence-corrected chi connectivity index (χ1v) is 8.37. The highest BCUT2D eigenvalue weighted by Gasteiger charge is 2.05. The van der Waals surface area contributed by atoms with E-state index in [1.54, 1.807) is 0 Å². The van der Waals surface area contributed by atoms with Crippen molar-refractivity contribution >= 4 is 38.5 Å². The smallest absolute Gasteiger partial charge is 0.141 e. The molecule has 0 amide bonds. The SMILES string of the molecule is CC(C)NCc1ccc(Oc2ccc(I)cc2)c(Br)c1. The minimum absolute atomic E-state index is 0.483. The fourth-order valence-electron chi connectivity index (χ4n) is 1.69. The Morgan fingerprint density at radius 1 is 1.15 bits per heavy atom. The van der Waals surface area contributed by atoms with Gasteiger partial charge in [0.25, 0.3) is 0 Å². The van der Waals surface area contributed by atoms with Gasteiger partial charge in [-0.15, -0.1) is 0 Å². The first-order valence-electron chi connectivity index (χ1n) is 6.50. The lowest BCUT2D eigenvalue weighted by atomic mass is 10.2. The predicted molar refractivity (Wildman–Crippen MR) is 95.4 cm³/mol. The molecule has 4 heteroatoms. The summed E-state index contributed by atoms with van der Waals surface area (Å²) in [4.78, 5) is 0. The summed E-state index contributed by atoms with van der Waals surface area (Å²) < 4.78 is 8.04. The Morgan fingerprint density at radius 3 is 2.45 bits per heavy atom. The van der Waals surface area contributed by atoms with Gasteiger partial charge in [0.2, 0.25) is 0 Å². The Kier molecular flexibility index (Phi) is 5.86. The molecule has 0 spiro atoms. The van der Waals surface area contributed by atoms with Crippen LogP contribution in [0.1, 0.15) is 19.4 Å². The first kappa shape index (κ1) is 15.8. The molecule has 0 radical (unpaired) electrons. The number of nitrogens with one attached hydrogen (secondary N) is 1. The van der Waals surface area contributed by atoms with Gasteiger partial charge in [0, 0.05) is 16.2 Å². The van der Waals surface area contributed by atoms with Gasteiger partial charge < -0.3 is 10.1 Å². The first-order chi connectivity index (χ1) is 9.54. The summed E-state index contributed by atoms with van der Waals surface area (Å²) in [5.74, 6) is 1.68. The molecule has 2 aromatic carbocycles. The zero-order valence-electron chi connectivity index (χ0n) is 11.5. The lowest BCUT2D eigenvalue weighted by Crippen LogP contribution is -2.21. The van der Waals surface area contributed by atoms with E-state index in [-0.39, 0.29) is 0 Å². The van der Waals surface area contributed by atoms with Crippen LogP contribution < -0.4 is 10.1 Å². The Balaban J connectivity index is 2.07. The Bertz CT molecular complexity index is 569. The number of benzene rings is 2. The highest BCUT2D eigenvalue weighted by Crippen LogP contribution is 2.30. The predicted octanol–water partition coefficient (Wildman–Crippen LogP) is 5.34. The molecule has 106 valence electrons. The number of rotatable bonds is 5. The minimum atomic E-state index is 0.483. The quantitative estimate of drug-likeness (QED) is 0.627. The van der Waals surface area contributed by atoms with Gasteiger partial charge in [-0.3, -0.25) is 0 Å². The van der Waals surface area contributed by atoms with Crippen LogP contribution in [0.4, 0.5) is 0 Å². The van der Waals surface area contributed by atoms with Crippen molar-refractivity contribution in [3.05, 3.63) is 56.1 Å². The van der Waals surface area contributed by atoms with Gasteiger partial charge in [-0.25, -0.2) is 0 Å². The van der Waals surface area contributed by atoms with Gasteiger partial charge in [-0.05, 0) is 80.5 Å². The van der Waals surface area contributed by atoms with Crippen molar-refractivity contribution in [3.8, 4) is 11.5 Å². The molecule has 0 aliphatic rings. The van der Waals surface area contributed by atoms with Crippen LogP contribution in [0.5, 0.6) is 11.5 Å². The molecule has 0 atom stereocenters. The summed E-state index contributed by atoms with van der Waals surface area (Å²) in [6.45, 7) is 5.15. The van der Waals surface area contributed by atoms with Crippen LogP contribution in [0.3, 0.4) is 0 Å². The monoisotopic (exact) mass is 445 g/mol. The molecule has 2 aromatic rings. The van der Waals surface area contributed by atoms with Crippen LogP contribution in [0, 0.1) is 3.57 Å². The molecular formula is C16H17BrINO. The number of hydrogen-bond acceptors (Lipinski definition) is 2. The van der Waals surface area contributed by atoms with Crippen molar-refractivity contribution in [1.82, 2.24) is 5.32 Å². The van der Waals surface area contributed by atoms with Crippen LogP contribution in [0.2, 0.25) is 0 Å². The molecule has 2 nitrogen and oxygen atoms in total. The Hall–Kier alpha value is -0.590. The normalized spacial score (nSPS) is 10.8. The van der Waals surface area contributed by atoms with Crippen molar-refractivity contribution in [2.45, 2.75) is 26.4 Å². The topological polar surface area (TPSA) is 21.3 Å². The average Bonchev–Trinajstić information content (AvgIpc) is 2.41. The number of halogens is 2. The van der Waals surface area contributed by atoms with E-state index in [0.29, 0.717) is 6.04 Å². The highest BCUT2D eigenvalue weighted by atomic mass is 127. The standard InChI is InChI=1S/C16H17BrINO/c1-11(2)19-10-12-3-8-16(15(17)9-12)20-14-6-4-13(18)5-7-14/h3-9,11,19H,10H2,1-2H3. The second-order valence-corrected chi connectivity index (χ2v) is 6.96. The van der Waals surface area contributed by atoms with E-state index in [1.165, 1.54) is 9.13 Å². The number of hydrogen-bond donors (Lipinski definition) is 1. The van der Waals surface area contributed by atoms with Crippen molar-refractivity contribution in [1.29, 1.82) is 0 Å². The third-order valence-electron chi connectivity index (χ3n) is 2.75. The minimum Gasteiger partial charge on any atom is -0.456 e. The molecule has 0 saturated heterocycles. The molecule has 0 unspecified atom stereocenters. The van der Waals surface area contributed by atoms with Gasteiger partial charge in [-0.1, -0.05) is 19.9 Å². The molecule has 0 aromatic heterocycles. The van der Waals surface area contributed by atoms with Crippen LogP contribution in [-0.4, -0.2) is 6.04 Å². The maximum absolute atomic E-state index is 5.87. The second kappa shape index (κ2) is 7.43. The third-order valence-corrected chi connectivity index (χ3v) is 4.09. The molecule has 0 heterocycles. The van der Waals surface area contributed by atoms with E-state index in [2.05, 4.69) is 69.8 Å². The molecule has 0 aliphatic carbocycles. The van der Waals surface area contributed by atoms with Gasteiger partial charge in [-0.2, -0.15) is 0 Å². The van der Waals surface area contributed by atoms with E-state index in [1.807, 2.05) is 30.3 Å². The van der Waals surface area contributed by atoms with E-state index in [4.69, 9.17) is 4.74 Å². The van der Waals surface area contributed by atoms with Crippen LogP contribution in [0.25, 0.3) is 0 Å². The van der Waals surface area contributed by atoms with E-state index in [9.17, 15) is 0 Å². The van der Waals surface area contributed by atoms with Gasteiger partial charge in [0.15, 0.2) is 0 Å². The summed E-state index contributed by atoms with van der Waals surface area (Å²) >= 11 is 5.85. The largest absolute Gasteiger partial charge is 0.456 e. The lowest BCUT2D eigenvalue weighted by Gasteiger charge is -2.11. The van der Waals surface area contributed by atoms with E-state index >= 15 is 0 Å². The maximum Gasteiger partial charge on any atom is 0.141 e. The molecule has 0 aliphatic heterocycles. The van der Waals surface area contributed by atoms with Crippen molar-refractivity contribution in [2.75, 3.05) is 0 Å². The van der Waals surface area contributed by atoms with Gasteiger partial charge >= 0.3 is 0 Å². The fourth-order valence-corrected chi connectivity index (χ4v) is 2.56. The molecule has 0 fully saturated rings. The zero-order chi connectivity index (χ0) is 14.5. The summed E-state index contributed by atoms with van der Waals surface area (Å²) in [5.41, 5.74) is 1.24. The molecule has 0 bridgehead atoms. The summed E-state index contributed by atoms with van der Waals surface area (Å²) in [6, 6.07) is 14.7. The molecule has 1 N–H and O–H groups in total. The summed E-state index contributed by atoms with van der Waals surface area (Å²) in [5, 5.41) is 3.40. The fraction of sp³-hybridized carbons (Fsp3) is 0.250.